The van der Waals surface area contributed by atoms with E-state index in [1.165, 1.54) is 11.1 Å². The van der Waals surface area contributed by atoms with Gasteiger partial charge < -0.3 is 4.90 Å². The maximum absolute atomic E-state index is 12.4. The maximum atomic E-state index is 12.4. The molecular weight excluding hydrogens is 236 g/mol. The zero-order valence-electron chi connectivity index (χ0n) is 12.3. The summed E-state index contributed by atoms with van der Waals surface area (Å²) in [5, 5.41) is 3.49. The van der Waals surface area contributed by atoms with E-state index in [1.54, 1.807) is 0 Å². The molecule has 104 valence electrons. The third-order valence-electron chi connectivity index (χ3n) is 3.69. The van der Waals surface area contributed by atoms with Gasteiger partial charge in [0.05, 0.1) is 6.04 Å². The second-order valence-electron chi connectivity index (χ2n) is 5.79. The van der Waals surface area contributed by atoms with Gasteiger partial charge in [-0.1, -0.05) is 43.7 Å². The summed E-state index contributed by atoms with van der Waals surface area (Å²) in [6, 6.07) is 8.39. The number of nitrogens with zero attached hydrogens (tertiary/aromatic N) is 1. The standard InChI is InChI=1S/C16H24N2O/c1-5-18-15(13-8-6-12(4)7-9-13)17-14(16(18)19)10-11(2)3/h6-9,11,14-15,17H,5,10H2,1-4H3. The predicted octanol–water partition coefficient (Wildman–Crippen LogP) is 2.86. The Hall–Kier alpha value is -1.35. The van der Waals surface area contributed by atoms with Crippen LogP contribution in [0.3, 0.4) is 0 Å². The van der Waals surface area contributed by atoms with E-state index in [0.717, 1.165) is 13.0 Å². The molecule has 0 aliphatic carbocycles. The molecule has 2 rings (SSSR count). The van der Waals surface area contributed by atoms with Crippen LogP contribution >= 0.6 is 0 Å². The highest BCUT2D eigenvalue weighted by molar-refractivity contribution is 5.84. The molecule has 19 heavy (non-hydrogen) atoms. The van der Waals surface area contributed by atoms with Gasteiger partial charge in [0.1, 0.15) is 6.17 Å². The summed E-state index contributed by atoms with van der Waals surface area (Å²) in [6.07, 6.45) is 0.930. The molecule has 1 aliphatic heterocycles. The van der Waals surface area contributed by atoms with Crippen LogP contribution in [0.2, 0.25) is 0 Å². The van der Waals surface area contributed by atoms with Gasteiger partial charge in [0.25, 0.3) is 0 Å². The average molecular weight is 260 g/mol. The summed E-state index contributed by atoms with van der Waals surface area (Å²) in [5.41, 5.74) is 2.42. The zero-order chi connectivity index (χ0) is 14.0. The molecular formula is C16H24N2O. The molecule has 1 heterocycles. The van der Waals surface area contributed by atoms with Crippen LogP contribution in [0.1, 0.15) is 44.5 Å². The third kappa shape index (κ3) is 2.98. The van der Waals surface area contributed by atoms with Crippen molar-refractivity contribution in [1.82, 2.24) is 10.2 Å². The van der Waals surface area contributed by atoms with Crippen LogP contribution in [-0.4, -0.2) is 23.4 Å². The molecule has 0 bridgehead atoms. The molecule has 0 saturated carbocycles. The number of hydrogen-bond acceptors (Lipinski definition) is 2. The number of rotatable bonds is 4. The summed E-state index contributed by atoms with van der Waals surface area (Å²) >= 11 is 0. The number of carbonyl (C=O) groups excluding carboxylic acids is 1. The van der Waals surface area contributed by atoms with Crippen LogP contribution in [0.5, 0.6) is 0 Å². The first-order chi connectivity index (χ1) is 9.02. The topological polar surface area (TPSA) is 32.3 Å². The first-order valence-corrected chi connectivity index (χ1v) is 7.16. The first kappa shape index (κ1) is 14.1. The average Bonchev–Trinajstić information content (AvgIpc) is 2.66. The number of hydrogen-bond donors (Lipinski definition) is 1. The molecule has 2 atom stereocenters. The van der Waals surface area contributed by atoms with Crippen LogP contribution < -0.4 is 5.32 Å². The van der Waals surface area contributed by atoms with Gasteiger partial charge in [-0.05, 0) is 31.7 Å². The summed E-state index contributed by atoms with van der Waals surface area (Å²) < 4.78 is 0. The fraction of sp³-hybridized carbons (Fsp3) is 0.562. The fourth-order valence-electron chi connectivity index (χ4n) is 2.68. The van der Waals surface area contributed by atoms with Crippen molar-refractivity contribution in [3.8, 4) is 0 Å². The fourth-order valence-corrected chi connectivity index (χ4v) is 2.68. The SMILES string of the molecule is CCN1C(=O)C(CC(C)C)NC1c1ccc(C)cc1. The molecule has 0 aromatic heterocycles. The number of amides is 1. The van der Waals surface area contributed by atoms with Crippen LogP contribution in [0.4, 0.5) is 0 Å². The molecule has 1 saturated heterocycles. The van der Waals surface area contributed by atoms with Crippen molar-refractivity contribution in [3.63, 3.8) is 0 Å². The lowest BCUT2D eigenvalue weighted by molar-refractivity contribution is -0.130. The Labute approximate surface area is 116 Å². The van der Waals surface area contributed by atoms with Gasteiger partial charge in [-0.2, -0.15) is 0 Å². The van der Waals surface area contributed by atoms with Crippen molar-refractivity contribution in [1.29, 1.82) is 0 Å². The largest absolute Gasteiger partial charge is 0.322 e. The molecule has 1 aromatic rings. The van der Waals surface area contributed by atoms with Crippen molar-refractivity contribution in [2.45, 2.75) is 46.3 Å². The minimum absolute atomic E-state index is 0.0295. The molecule has 0 radical (unpaired) electrons. The van der Waals surface area contributed by atoms with E-state index in [2.05, 4.69) is 50.4 Å². The summed E-state index contributed by atoms with van der Waals surface area (Å²) in [6.45, 7) is 9.18. The number of benzene rings is 1. The summed E-state index contributed by atoms with van der Waals surface area (Å²) in [4.78, 5) is 14.3. The Bertz CT molecular complexity index is 439. The Morgan fingerprint density at radius 3 is 2.42 bits per heavy atom. The first-order valence-electron chi connectivity index (χ1n) is 7.16. The van der Waals surface area contributed by atoms with Gasteiger partial charge in [0.15, 0.2) is 0 Å². The van der Waals surface area contributed by atoms with Gasteiger partial charge in [-0.3, -0.25) is 10.1 Å². The number of likely N-dealkylation sites (N-methyl/N-ethyl adjacent to an activating group) is 1. The second-order valence-corrected chi connectivity index (χ2v) is 5.79. The maximum Gasteiger partial charge on any atom is 0.241 e. The van der Waals surface area contributed by atoms with Crippen molar-refractivity contribution in [3.05, 3.63) is 35.4 Å². The Morgan fingerprint density at radius 2 is 1.89 bits per heavy atom. The van der Waals surface area contributed by atoms with E-state index in [-0.39, 0.29) is 18.1 Å². The monoisotopic (exact) mass is 260 g/mol. The van der Waals surface area contributed by atoms with Crippen LogP contribution in [0, 0.1) is 12.8 Å². The molecule has 1 N–H and O–H groups in total. The molecule has 1 aliphatic rings. The van der Waals surface area contributed by atoms with Gasteiger partial charge >= 0.3 is 0 Å². The van der Waals surface area contributed by atoms with E-state index < -0.39 is 0 Å². The van der Waals surface area contributed by atoms with Crippen LogP contribution in [0.15, 0.2) is 24.3 Å². The number of carbonyl (C=O) groups is 1. The lowest BCUT2D eigenvalue weighted by Crippen LogP contribution is -2.31. The molecule has 1 amide bonds. The highest BCUT2D eigenvalue weighted by atomic mass is 16.2. The zero-order valence-corrected chi connectivity index (χ0v) is 12.3. The highest BCUT2D eigenvalue weighted by Gasteiger charge is 2.38. The Balaban J connectivity index is 2.20. The van der Waals surface area contributed by atoms with Crippen molar-refractivity contribution in [2.75, 3.05) is 6.54 Å². The van der Waals surface area contributed by atoms with E-state index >= 15 is 0 Å². The van der Waals surface area contributed by atoms with Gasteiger partial charge in [0, 0.05) is 6.54 Å². The molecule has 1 fully saturated rings. The van der Waals surface area contributed by atoms with E-state index in [0.29, 0.717) is 5.92 Å². The van der Waals surface area contributed by atoms with E-state index in [4.69, 9.17) is 0 Å². The van der Waals surface area contributed by atoms with Crippen molar-refractivity contribution in [2.24, 2.45) is 5.92 Å². The summed E-state index contributed by atoms with van der Waals surface area (Å²) in [7, 11) is 0. The molecule has 3 heteroatoms. The summed E-state index contributed by atoms with van der Waals surface area (Å²) in [5.74, 6) is 0.763. The van der Waals surface area contributed by atoms with Crippen LogP contribution in [-0.2, 0) is 4.79 Å². The van der Waals surface area contributed by atoms with Gasteiger partial charge in [-0.25, -0.2) is 0 Å². The van der Waals surface area contributed by atoms with E-state index in [1.807, 2.05) is 11.8 Å². The molecule has 2 unspecified atom stereocenters. The Morgan fingerprint density at radius 1 is 1.26 bits per heavy atom. The minimum atomic E-state index is -0.0359. The van der Waals surface area contributed by atoms with Gasteiger partial charge in [-0.15, -0.1) is 0 Å². The normalized spacial score (nSPS) is 23.4. The quantitative estimate of drug-likeness (QED) is 0.903. The Kier molecular flexibility index (Phi) is 4.25. The molecule has 3 nitrogen and oxygen atoms in total. The molecule has 0 spiro atoms. The van der Waals surface area contributed by atoms with E-state index in [9.17, 15) is 4.79 Å². The third-order valence-corrected chi connectivity index (χ3v) is 3.69. The smallest absolute Gasteiger partial charge is 0.241 e. The lowest BCUT2D eigenvalue weighted by atomic mass is 10.0. The van der Waals surface area contributed by atoms with Crippen molar-refractivity contribution >= 4 is 5.91 Å². The van der Waals surface area contributed by atoms with Crippen molar-refractivity contribution < 1.29 is 4.79 Å². The second kappa shape index (κ2) is 5.74. The molecule has 1 aromatic carbocycles. The van der Waals surface area contributed by atoms with Crippen LogP contribution in [0.25, 0.3) is 0 Å². The highest BCUT2D eigenvalue weighted by Crippen LogP contribution is 2.27. The minimum Gasteiger partial charge on any atom is -0.322 e. The number of nitrogens with one attached hydrogen (secondary N) is 1. The predicted molar refractivity (Wildman–Crippen MR) is 77.7 cm³/mol. The number of aryl methyl sites for hydroxylation is 1. The van der Waals surface area contributed by atoms with Gasteiger partial charge in [0.2, 0.25) is 5.91 Å². The lowest BCUT2D eigenvalue weighted by Gasteiger charge is -2.23.